The van der Waals surface area contributed by atoms with Gasteiger partial charge in [0.15, 0.2) is 0 Å². The number of hydrogen-bond donors (Lipinski definition) is 1. The standard InChI is InChI=1S/C12H21ClF3NO/c1-10-2-4-11(8-13,5-3-10)17-6-7-18-9-12(14,15)16/h10,17H,2-9H2,1H3. The van der Waals surface area contributed by atoms with Crippen LogP contribution in [0.25, 0.3) is 0 Å². The predicted octanol–water partition coefficient (Wildman–Crippen LogP) is 3.34. The zero-order valence-corrected chi connectivity index (χ0v) is 11.4. The summed E-state index contributed by atoms with van der Waals surface area (Å²) < 4.78 is 40.1. The fraction of sp³-hybridized carbons (Fsp3) is 1.00. The van der Waals surface area contributed by atoms with E-state index in [1.165, 1.54) is 0 Å². The molecule has 1 aliphatic rings. The van der Waals surface area contributed by atoms with Gasteiger partial charge in [0.1, 0.15) is 6.61 Å². The van der Waals surface area contributed by atoms with Crippen LogP contribution in [0.3, 0.4) is 0 Å². The number of alkyl halides is 4. The molecule has 2 nitrogen and oxygen atoms in total. The monoisotopic (exact) mass is 287 g/mol. The molecular formula is C12H21ClF3NO. The first-order valence-corrected chi connectivity index (χ1v) is 6.86. The van der Waals surface area contributed by atoms with Crippen molar-refractivity contribution < 1.29 is 17.9 Å². The van der Waals surface area contributed by atoms with E-state index in [0.717, 1.165) is 25.7 Å². The lowest BCUT2D eigenvalue weighted by Crippen LogP contribution is -2.50. The second-order valence-electron chi connectivity index (χ2n) is 5.19. The van der Waals surface area contributed by atoms with Gasteiger partial charge in [-0.3, -0.25) is 0 Å². The summed E-state index contributed by atoms with van der Waals surface area (Å²) in [6.07, 6.45) is -0.0510. The third-order valence-electron chi connectivity index (χ3n) is 3.50. The topological polar surface area (TPSA) is 21.3 Å². The van der Waals surface area contributed by atoms with Crippen LogP contribution in [0.2, 0.25) is 0 Å². The molecule has 0 aromatic rings. The Balaban J connectivity index is 2.20. The van der Waals surface area contributed by atoms with Gasteiger partial charge in [-0.25, -0.2) is 0 Å². The highest BCUT2D eigenvalue weighted by Gasteiger charge is 2.33. The summed E-state index contributed by atoms with van der Waals surface area (Å²) in [5.41, 5.74) is -0.115. The lowest BCUT2D eigenvalue weighted by Gasteiger charge is -2.39. The molecular weight excluding hydrogens is 267 g/mol. The molecule has 1 saturated carbocycles. The van der Waals surface area contributed by atoms with Crippen molar-refractivity contribution in [3.63, 3.8) is 0 Å². The van der Waals surface area contributed by atoms with E-state index in [-0.39, 0.29) is 12.1 Å². The molecule has 0 aromatic carbocycles. The van der Waals surface area contributed by atoms with Gasteiger partial charge in [0.25, 0.3) is 0 Å². The minimum Gasteiger partial charge on any atom is -0.371 e. The Morgan fingerprint density at radius 2 is 1.94 bits per heavy atom. The Morgan fingerprint density at radius 1 is 1.33 bits per heavy atom. The number of ether oxygens (including phenoxy) is 1. The zero-order chi connectivity index (χ0) is 13.6. The normalized spacial score (nSPS) is 29.5. The molecule has 1 fully saturated rings. The SMILES string of the molecule is CC1CCC(CCl)(NCCOCC(F)(F)F)CC1. The quantitative estimate of drug-likeness (QED) is 0.597. The maximum Gasteiger partial charge on any atom is 0.411 e. The molecule has 6 heteroatoms. The fourth-order valence-electron chi connectivity index (χ4n) is 2.25. The van der Waals surface area contributed by atoms with Crippen molar-refractivity contribution in [3.8, 4) is 0 Å². The van der Waals surface area contributed by atoms with Crippen molar-refractivity contribution in [1.29, 1.82) is 0 Å². The van der Waals surface area contributed by atoms with Crippen LogP contribution in [0, 0.1) is 5.92 Å². The van der Waals surface area contributed by atoms with Crippen LogP contribution < -0.4 is 5.32 Å². The molecule has 0 amide bonds. The van der Waals surface area contributed by atoms with Crippen LogP contribution in [0.4, 0.5) is 13.2 Å². The predicted molar refractivity (Wildman–Crippen MR) is 66.0 cm³/mol. The van der Waals surface area contributed by atoms with Gasteiger partial charge in [-0.05, 0) is 31.6 Å². The van der Waals surface area contributed by atoms with E-state index in [1.807, 2.05) is 0 Å². The molecule has 0 radical (unpaired) electrons. The second-order valence-corrected chi connectivity index (χ2v) is 5.46. The van der Waals surface area contributed by atoms with Gasteiger partial charge in [-0.1, -0.05) is 6.92 Å². The van der Waals surface area contributed by atoms with Crippen molar-refractivity contribution in [2.45, 2.75) is 44.3 Å². The maximum atomic E-state index is 11.9. The molecule has 0 saturated heterocycles. The van der Waals surface area contributed by atoms with E-state index in [2.05, 4.69) is 17.0 Å². The summed E-state index contributed by atoms with van der Waals surface area (Å²) in [5, 5.41) is 3.27. The summed E-state index contributed by atoms with van der Waals surface area (Å²) in [5.74, 6) is 1.21. The minimum absolute atomic E-state index is 0.0632. The first-order valence-electron chi connectivity index (χ1n) is 6.32. The third-order valence-corrected chi connectivity index (χ3v) is 4.01. The van der Waals surface area contributed by atoms with E-state index in [0.29, 0.717) is 18.3 Å². The van der Waals surface area contributed by atoms with Crippen molar-refractivity contribution in [2.24, 2.45) is 5.92 Å². The smallest absolute Gasteiger partial charge is 0.371 e. The second kappa shape index (κ2) is 6.96. The van der Waals surface area contributed by atoms with Gasteiger partial charge >= 0.3 is 6.18 Å². The molecule has 108 valence electrons. The molecule has 1 N–H and O–H groups in total. The fourth-order valence-corrected chi connectivity index (χ4v) is 2.61. The molecule has 0 heterocycles. The molecule has 0 unspecified atom stereocenters. The molecule has 0 bridgehead atoms. The van der Waals surface area contributed by atoms with Crippen molar-refractivity contribution in [1.82, 2.24) is 5.32 Å². The van der Waals surface area contributed by atoms with Gasteiger partial charge in [-0.2, -0.15) is 13.2 Å². The van der Waals surface area contributed by atoms with Crippen LogP contribution in [0.15, 0.2) is 0 Å². The average molecular weight is 288 g/mol. The number of halogens is 4. The first kappa shape index (κ1) is 16.1. The van der Waals surface area contributed by atoms with E-state index >= 15 is 0 Å². The summed E-state index contributed by atoms with van der Waals surface area (Å²) in [6.45, 7) is 1.51. The van der Waals surface area contributed by atoms with Crippen molar-refractivity contribution >= 4 is 11.6 Å². The Labute approximate surface area is 111 Å². The van der Waals surface area contributed by atoms with Crippen LogP contribution >= 0.6 is 11.6 Å². The maximum absolute atomic E-state index is 11.9. The molecule has 1 aliphatic carbocycles. The first-order chi connectivity index (χ1) is 8.37. The van der Waals surface area contributed by atoms with E-state index in [9.17, 15) is 13.2 Å². The molecule has 0 spiro atoms. The van der Waals surface area contributed by atoms with Gasteiger partial charge < -0.3 is 10.1 Å². The Bertz CT molecular complexity index is 240. The molecule has 18 heavy (non-hydrogen) atoms. The highest BCUT2D eigenvalue weighted by molar-refractivity contribution is 6.18. The van der Waals surface area contributed by atoms with E-state index < -0.39 is 12.8 Å². The van der Waals surface area contributed by atoms with Crippen LogP contribution in [-0.2, 0) is 4.74 Å². The van der Waals surface area contributed by atoms with E-state index in [4.69, 9.17) is 11.6 Å². The number of nitrogens with one attached hydrogen (secondary N) is 1. The summed E-state index contributed by atoms with van der Waals surface area (Å²) in [6, 6.07) is 0. The van der Waals surface area contributed by atoms with Crippen molar-refractivity contribution in [3.05, 3.63) is 0 Å². The van der Waals surface area contributed by atoms with E-state index in [1.54, 1.807) is 0 Å². The highest BCUT2D eigenvalue weighted by atomic mass is 35.5. The highest BCUT2D eigenvalue weighted by Crippen LogP contribution is 2.32. The third kappa shape index (κ3) is 5.76. The molecule has 0 atom stereocenters. The summed E-state index contributed by atoms with van der Waals surface area (Å²) in [4.78, 5) is 0. The van der Waals surface area contributed by atoms with Crippen molar-refractivity contribution in [2.75, 3.05) is 25.6 Å². The number of hydrogen-bond acceptors (Lipinski definition) is 2. The van der Waals surface area contributed by atoms with Gasteiger partial charge in [0, 0.05) is 18.0 Å². The van der Waals surface area contributed by atoms with Gasteiger partial charge in [0.05, 0.1) is 6.61 Å². The molecule has 1 rings (SSSR count). The Hall–Kier alpha value is -0.0000000000000000555. The average Bonchev–Trinajstić information content (AvgIpc) is 2.30. The summed E-state index contributed by atoms with van der Waals surface area (Å²) >= 11 is 5.99. The van der Waals surface area contributed by atoms with Gasteiger partial charge in [-0.15, -0.1) is 11.6 Å². The van der Waals surface area contributed by atoms with Gasteiger partial charge in [0.2, 0.25) is 0 Å². The molecule has 0 aromatic heterocycles. The Morgan fingerprint density at radius 3 is 2.44 bits per heavy atom. The van der Waals surface area contributed by atoms with Crippen LogP contribution in [0.5, 0.6) is 0 Å². The minimum atomic E-state index is -4.25. The lowest BCUT2D eigenvalue weighted by molar-refractivity contribution is -0.173. The largest absolute Gasteiger partial charge is 0.411 e. The van der Waals surface area contributed by atoms with Crippen LogP contribution in [0.1, 0.15) is 32.6 Å². The Kier molecular flexibility index (Phi) is 6.21. The summed E-state index contributed by atoms with van der Waals surface area (Å²) in [7, 11) is 0. The zero-order valence-electron chi connectivity index (χ0n) is 10.7. The number of rotatable bonds is 6. The lowest BCUT2D eigenvalue weighted by atomic mass is 9.78. The molecule has 0 aliphatic heterocycles. The van der Waals surface area contributed by atoms with Crippen LogP contribution in [-0.4, -0.2) is 37.4 Å².